The number of carboxylic acid groups (broad SMARTS) is 1. The SMILES string of the molecule is CC(C)(C)OC(=O)Nc1ccc(P(C)(C)=O)cc1C(=O)O. The van der Waals surface area contributed by atoms with E-state index in [1.54, 1.807) is 40.2 Å². The number of benzene rings is 1. The highest BCUT2D eigenvalue weighted by atomic mass is 31.2. The number of amides is 1. The van der Waals surface area contributed by atoms with Crippen LogP contribution in [0.1, 0.15) is 31.1 Å². The Hall–Kier alpha value is -1.81. The molecular weight excluding hydrogens is 293 g/mol. The topological polar surface area (TPSA) is 92.7 Å². The number of carboxylic acids is 1. The zero-order valence-corrected chi connectivity index (χ0v) is 13.7. The van der Waals surface area contributed by atoms with Gasteiger partial charge >= 0.3 is 12.1 Å². The van der Waals surface area contributed by atoms with Gasteiger partial charge in [-0.05, 0) is 52.3 Å². The molecule has 1 aromatic carbocycles. The minimum Gasteiger partial charge on any atom is -0.478 e. The third kappa shape index (κ3) is 5.23. The van der Waals surface area contributed by atoms with Gasteiger partial charge in [-0.15, -0.1) is 0 Å². The lowest BCUT2D eigenvalue weighted by molar-refractivity contribution is 0.0636. The molecule has 2 N–H and O–H groups in total. The normalized spacial score (nSPS) is 11.9. The van der Waals surface area contributed by atoms with E-state index in [1.807, 2.05) is 0 Å². The molecule has 0 aliphatic rings. The second-order valence-electron chi connectivity index (χ2n) is 6.01. The molecule has 0 unspecified atom stereocenters. The van der Waals surface area contributed by atoms with Crippen molar-refractivity contribution < 1.29 is 24.0 Å². The van der Waals surface area contributed by atoms with Crippen molar-refractivity contribution in [2.75, 3.05) is 18.6 Å². The first-order valence-electron chi connectivity index (χ1n) is 6.33. The Bertz CT molecular complexity index is 612. The van der Waals surface area contributed by atoms with Gasteiger partial charge in [0.2, 0.25) is 0 Å². The van der Waals surface area contributed by atoms with E-state index in [1.165, 1.54) is 12.1 Å². The molecule has 1 aromatic rings. The zero-order valence-electron chi connectivity index (χ0n) is 12.8. The van der Waals surface area contributed by atoms with Gasteiger partial charge in [-0.1, -0.05) is 0 Å². The van der Waals surface area contributed by atoms with E-state index in [9.17, 15) is 19.3 Å². The fourth-order valence-electron chi connectivity index (χ4n) is 1.57. The fourth-order valence-corrected chi connectivity index (χ4v) is 2.44. The maximum Gasteiger partial charge on any atom is 0.412 e. The number of ether oxygens (including phenoxy) is 1. The highest BCUT2D eigenvalue weighted by Gasteiger charge is 2.21. The Balaban J connectivity index is 3.11. The van der Waals surface area contributed by atoms with E-state index in [0.717, 1.165) is 0 Å². The standard InChI is InChI=1S/C14H20NO5P/c1-14(2,3)20-13(18)15-11-7-6-9(21(4,5)19)8-10(11)12(16)17/h6-8H,1-5H3,(H,15,18)(H,16,17). The number of aromatic carboxylic acids is 1. The van der Waals surface area contributed by atoms with E-state index >= 15 is 0 Å². The lowest BCUT2D eigenvalue weighted by atomic mass is 10.2. The highest BCUT2D eigenvalue weighted by Crippen LogP contribution is 2.35. The van der Waals surface area contributed by atoms with E-state index in [-0.39, 0.29) is 11.3 Å². The van der Waals surface area contributed by atoms with Gasteiger partial charge in [0, 0.05) is 5.30 Å². The van der Waals surface area contributed by atoms with Crippen molar-refractivity contribution in [3.05, 3.63) is 23.8 Å². The summed E-state index contributed by atoms with van der Waals surface area (Å²) < 4.78 is 17.1. The predicted octanol–water partition coefficient (Wildman–Crippen LogP) is 2.98. The maximum atomic E-state index is 12.0. The van der Waals surface area contributed by atoms with E-state index in [4.69, 9.17) is 4.74 Å². The molecule has 0 aliphatic carbocycles. The summed E-state index contributed by atoms with van der Waals surface area (Å²) in [4.78, 5) is 23.0. The molecule has 0 fully saturated rings. The average Bonchev–Trinajstić information content (AvgIpc) is 2.24. The molecule has 0 aromatic heterocycles. The van der Waals surface area contributed by atoms with Crippen LogP contribution in [0.2, 0.25) is 0 Å². The van der Waals surface area contributed by atoms with Crippen molar-refractivity contribution in [2.24, 2.45) is 0 Å². The van der Waals surface area contributed by atoms with Crippen LogP contribution >= 0.6 is 7.14 Å². The summed E-state index contributed by atoms with van der Waals surface area (Å²) in [5.41, 5.74) is -0.702. The lowest BCUT2D eigenvalue weighted by Crippen LogP contribution is -2.28. The summed E-state index contributed by atoms with van der Waals surface area (Å²) >= 11 is 0. The van der Waals surface area contributed by atoms with Crippen molar-refractivity contribution in [3.8, 4) is 0 Å². The first-order chi connectivity index (χ1) is 9.40. The summed E-state index contributed by atoms with van der Waals surface area (Å²) in [6, 6.07) is 4.28. The quantitative estimate of drug-likeness (QED) is 0.837. The van der Waals surface area contributed by atoms with Crippen LogP contribution in [0, 0.1) is 0 Å². The number of anilines is 1. The Labute approximate surface area is 123 Å². The minimum absolute atomic E-state index is 0.106. The number of carbonyl (C=O) groups excluding carboxylic acids is 1. The van der Waals surface area contributed by atoms with Gasteiger partial charge in [0.25, 0.3) is 0 Å². The first kappa shape index (κ1) is 17.2. The van der Waals surface area contributed by atoms with Gasteiger partial charge in [-0.3, -0.25) is 5.32 Å². The average molecular weight is 313 g/mol. The molecule has 1 amide bonds. The van der Waals surface area contributed by atoms with Gasteiger partial charge in [0.1, 0.15) is 12.7 Å². The van der Waals surface area contributed by atoms with E-state index < -0.39 is 24.8 Å². The molecule has 0 spiro atoms. The van der Waals surface area contributed by atoms with Crippen LogP contribution in [0.5, 0.6) is 0 Å². The summed E-state index contributed by atoms with van der Waals surface area (Å²) in [6.45, 7) is 8.22. The number of hydrogen-bond donors (Lipinski definition) is 2. The largest absolute Gasteiger partial charge is 0.478 e. The van der Waals surface area contributed by atoms with Crippen LogP contribution in [0.4, 0.5) is 10.5 Å². The Morgan fingerprint density at radius 3 is 2.24 bits per heavy atom. The van der Waals surface area contributed by atoms with Crippen LogP contribution in [0.3, 0.4) is 0 Å². The summed E-state index contributed by atoms with van der Waals surface area (Å²) in [6.07, 6.45) is -0.742. The third-order valence-corrected chi connectivity index (χ3v) is 4.01. The monoisotopic (exact) mass is 313 g/mol. The lowest BCUT2D eigenvalue weighted by Gasteiger charge is -2.20. The van der Waals surface area contributed by atoms with Gasteiger partial charge in [0.05, 0.1) is 11.3 Å². The molecule has 21 heavy (non-hydrogen) atoms. The van der Waals surface area contributed by atoms with Crippen molar-refractivity contribution in [3.63, 3.8) is 0 Å². The van der Waals surface area contributed by atoms with Crippen LogP contribution in [-0.4, -0.2) is 36.1 Å². The molecule has 0 bridgehead atoms. The van der Waals surface area contributed by atoms with Gasteiger partial charge in [0.15, 0.2) is 0 Å². The molecule has 0 saturated heterocycles. The number of carbonyl (C=O) groups is 2. The van der Waals surface area contributed by atoms with Crippen molar-refractivity contribution in [2.45, 2.75) is 26.4 Å². The molecule has 0 radical (unpaired) electrons. The van der Waals surface area contributed by atoms with E-state index in [2.05, 4.69) is 5.32 Å². The van der Waals surface area contributed by atoms with Crippen LogP contribution in [0.15, 0.2) is 18.2 Å². The predicted molar refractivity (Wildman–Crippen MR) is 82.3 cm³/mol. The van der Waals surface area contributed by atoms with Gasteiger partial charge in [-0.25, -0.2) is 9.59 Å². The first-order valence-corrected chi connectivity index (χ1v) is 8.93. The zero-order chi connectivity index (χ0) is 16.4. The summed E-state index contributed by atoms with van der Waals surface area (Å²) in [5, 5.41) is 12.1. The Morgan fingerprint density at radius 2 is 1.81 bits per heavy atom. The van der Waals surface area contributed by atoms with Crippen LogP contribution < -0.4 is 10.6 Å². The molecule has 0 saturated carbocycles. The minimum atomic E-state index is -2.58. The molecular formula is C14H20NO5P. The molecule has 6 nitrogen and oxygen atoms in total. The summed E-state index contributed by atoms with van der Waals surface area (Å²) in [7, 11) is -2.58. The van der Waals surface area contributed by atoms with Crippen molar-refractivity contribution >= 4 is 30.2 Å². The summed E-state index contributed by atoms with van der Waals surface area (Å²) in [5.74, 6) is -1.21. The number of rotatable bonds is 3. The maximum absolute atomic E-state index is 12.0. The van der Waals surface area contributed by atoms with E-state index in [0.29, 0.717) is 5.30 Å². The van der Waals surface area contributed by atoms with Crippen molar-refractivity contribution in [1.29, 1.82) is 0 Å². The molecule has 0 aliphatic heterocycles. The Kier molecular flexibility index (Phi) is 4.84. The fraction of sp³-hybridized carbons (Fsp3) is 0.429. The highest BCUT2D eigenvalue weighted by molar-refractivity contribution is 7.70. The molecule has 0 atom stereocenters. The molecule has 0 heterocycles. The van der Waals surface area contributed by atoms with Crippen LogP contribution in [-0.2, 0) is 9.30 Å². The second-order valence-corrected chi connectivity index (χ2v) is 9.23. The smallest absolute Gasteiger partial charge is 0.412 e. The molecule has 116 valence electrons. The second kappa shape index (κ2) is 5.90. The van der Waals surface area contributed by atoms with Gasteiger partial charge < -0.3 is 14.4 Å². The van der Waals surface area contributed by atoms with Gasteiger partial charge in [-0.2, -0.15) is 0 Å². The number of nitrogens with one attached hydrogen (secondary N) is 1. The van der Waals surface area contributed by atoms with Crippen LogP contribution in [0.25, 0.3) is 0 Å². The third-order valence-electron chi connectivity index (χ3n) is 2.49. The molecule has 7 heteroatoms. The number of hydrogen-bond acceptors (Lipinski definition) is 4. The Morgan fingerprint density at radius 1 is 1.24 bits per heavy atom. The van der Waals surface area contributed by atoms with Crippen molar-refractivity contribution in [1.82, 2.24) is 0 Å². The molecule has 1 rings (SSSR count).